The van der Waals surface area contributed by atoms with Gasteiger partial charge in [-0.15, -0.1) is 5.10 Å². The molecule has 2 heterocycles. The summed E-state index contributed by atoms with van der Waals surface area (Å²) in [4.78, 5) is 6.50. The summed E-state index contributed by atoms with van der Waals surface area (Å²) in [6.07, 6.45) is 2.18. The number of anilines is 1. The Morgan fingerprint density at radius 1 is 1.32 bits per heavy atom. The van der Waals surface area contributed by atoms with Crippen LogP contribution in [0.5, 0.6) is 5.75 Å². The minimum atomic E-state index is 0.273. The number of aromatic nitrogens is 3. The van der Waals surface area contributed by atoms with E-state index >= 15 is 0 Å². The molecule has 6 nitrogen and oxygen atoms in total. The molecule has 2 aromatic rings. The number of nitrogens with two attached hydrogens (primary N) is 1. The molecule has 3 rings (SSSR count). The van der Waals surface area contributed by atoms with E-state index in [0.29, 0.717) is 12.6 Å². The third-order valence-electron chi connectivity index (χ3n) is 3.98. The highest BCUT2D eigenvalue weighted by Crippen LogP contribution is 2.33. The van der Waals surface area contributed by atoms with E-state index in [-0.39, 0.29) is 5.92 Å². The molecule has 1 unspecified atom stereocenters. The fraction of sp³-hybridized carbons (Fsp3) is 0.500. The number of nitrogen functional groups attached to an aromatic ring is 1. The Labute approximate surface area is 130 Å². The van der Waals surface area contributed by atoms with Crippen LogP contribution in [-0.4, -0.2) is 46.9 Å². The molecule has 0 spiro atoms. The fourth-order valence-electron chi connectivity index (χ4n) is 2.83. The van der Waals surface area contributed by atoms with Gasteiger partial charge in [-0.3, -0.25) is 0 Å². The molecule has 0 saturated heterocycles. The second-order valence-corrected chi connectivity index (χ2v) is 5.97. The lowest BCUT2D eigenvalue weighted by Gasteiger charge is -2.22. The number of rotatable bonds is 5. The van der Waals surface area contributed by atoms with Gasteiger partial charge in [-0.1, -0.05) is 12.1 Å². The number of aryl methyl sites for hydroxylation is 1. The molecule has 1 aliphatic heterocycles. The second kappa shape index (κ2) is 6.36. The van der Waals surface area contributed by atoms with E-state index in [1.165, 1.54) is 5.56 Å². The Morgan fingerprint density at radius 2 is 2.09 bits per heavy atom. The summed E-state index contributed by atoms with van der Waals surface area (Å²) in [6.45, 7) is 2.51. The molecular weight excluding hydrogens is 278 g/mol. The van der Waals surface area contributed by atoms with E-state index < -0.39 is 0 Å². The third-order valence-corrected chi connectivity index (χ3v) is 3.98. The zero-order valence-electron chi connectivity index (χ0n) is 13.2. The van der Waals surface area contributed by atoms with Gasteiger partial charge in [0.1, 0.15) is 18.2 Å². The number of nitrogens with zero attached hydrogens (tertiary/aromatic N) is 4. The first kappa shape index (κ1) is 14.8. The van der Waals surface area contributed by atoms with Crippen LogP contribution >= 0.6 is 0 Å². The lowest BCUT2D eigenvalue weighted by atomic mass is 9.91. The van der Waals surface area contributed by atoms with Crippen LogP contribution in [0, 0.1) is 0 Å². The molecule has 6 heteroatoms. The first-order valence-corrected chi connectivity index (χ1v) is 7.71. The van der Waals surface area contributed by atoms with Gasteiger partial charge in [0.2, 0.25) is 5.95 Å². The predicted molar refractivity (Wildman–Crippen MR) is 86.0 cm³/mol. The van der Waals surface area contributed by atoms with Gasteiger partial charge in [-0.05, 0) is 44.6 Å². The standard InChI is InChI=1S/C16H23N5O/c1-20(2)10-11-22-13-7-5-12(6-8-13)14-4-3-9-21-15(14)18-16(17)19-21/h5-8,14H,3-4,9-11H2,1-2H3,(H2,17,19). The van der Waals surface area contributed by atoms with Crippen molar-refractivity contribution < 1.29 is 4.74 Å². The first-order valence-electron chi connectivity index (χ1n) is 7.71. The van der Waals surface area contributed by atoms with Crippen LogP contribution in [0.15, 0.2) is 24.3 Å². The van der Waals surface area contributed by atoms with E-state index in [9.17, 15) is 0 Å². The number of hydrogen-bond donors (Lipinski definition) is 1. The highest BCUT2D eigenvalue weighted by Gasteiger charge is 2.25. The van der Waals surface area contributed by atoms with Crippen molar-refractivity contribution in [3.8, 4) is 5.75 Å². The van der Waals surface area contributed by atoms with Crippen LogP contribution < -0.4 is 10.5 Å². The molecule has 1 aromatic heterocycles. The van der Waals surface area contributed by atoms with E-state index in [2.05, 4.69) is 27.1 Å². The molecule has 0 aliphatic carbocycles. The summed E-state index contributed by atoms with van der Waals surface area (Å²) in [5, 5.41) is 4.26. The predicted octanol–water partition coefficient (Wildman–Crippen LogP) is 1.73. The monoisotopic (exact) mass is 301 g/mol. The SMILES string of the molecule is CN(C)CCOc1ccc(C2CCCn3nc(N)nc32)cc1. The van der Waals surface area contributed by atoms with E-state index in [1.807, 2.05) is 30.9 Å². The first-order chi connectivity index (χ1) is 10.6. The van der Waals surface area contributed by atoms with Gasteiger partial charge in [-0.2, -0.15) is 4.98 Å². The molecule has 0 fully saturated rings. The quantitative estimate of drug-likeness (QED) is 0.911. The molecule has 0 bridgehead atoms. The van der Waals surface area contributed by atoms with Crippen LogP contribution in [0.2, 0.25) is 0 Å². The summed E-state index contributed by atoms with van der Waals surface area (Å²) in [7, 11) is 4.08. The van der Waals surface area contributed by atoms with Crippen LogP contribution in [-0.2, 0) is 6.54 Å². The molecule has 0 amide bonds. The van der Waals surface area contributed by atoms with Crippen molar-refractivity contribution in [3.05, 3.63) is 35.7 Å². The third kappa shape index (κ3) is 3.22. The zero-order chi connectivity index (χ0) is 15.5. The lowest BCUT2D eigenvalue weighted by Crippen LogP contribution is -2.19. The molecule has 22 heavy (non-hydrogen) atoms. The second-order valence-electron chi connectivity index (χ2n) is 5.97. The van der Waals surface area contributed by atoms with Crippen molar-refractivity contribution >= 4 is 5.95 Å². The van der Waals surface area contributed by atoms with Crippen molar-refractivity contribution in [2.75, 3.05) is 33.0 Å². The molecule has 1 atom stereocenters. The molecule has 1 aliphatic rings. The maximum atomic E-state index is 5.74. The van der Waals surface area contributed by atoms with Gasteiger partial charge in [0.15, 0.2) is 0 Å². The Morgan fingerprint density at radius 3 is 2.82 bits per heavy atom. The normalized spacial score (nSPS) is 17.5. The Hall–Kier alpha value is -2.08. The van der Waals surface area contributed by atoms with E-state index in [0.717, 1.165) is 37.5 Å². The smallest absolute Gasteiger partial charge is 0.239 e. The number of likely N-dealkylation sites (N-methyl/N-ethyl adjacent to an activating group) is 1. The molecule has 1 aromatic carbocycles. The molecular formula is C16H23N5O. The summed E-state index contributed by atoms with van der Waals surface area (Å²) in [5.41, 5.74) is 6.98. The van der Waals surface area contributed by atoms with Gasteiger partial charge < -0.3 is 15.4 Å². The van der Waals surface area contributed by atoms with E-state index in [4.69, 9.17) is 10.5 Å². The minimum absolute atomic E-state index is 0.273. The Kier molecular flexibility index (Phi) is 4.29. The highest BCUT2D eigenvalue weighted by atomic mass is 16.5. The summed E-state index contributed by atoms with van der Waals surface area (Å²) < 4.78 is 7.67. The molecule has 0 saturated carbocycles. The molecule has 2 N–H and O–H groups in total. The Balaban J connectivity index is 1.71. The molecule has 118 valence electrons. The van der Waals surface area contributed by atoms with Crippen molar-refractivity contribution in [2.24, 2.45) is 0 Å². The van der Waals surface area contributed by atoms with Crippen molar-refractivity contribution in [3.63, 3.8) is 0 Å². The average Bonchev–Trinajstić information content (AvgIpc) is 2.87. The maximum absolute atomic E-state index is 5.74. The number of benzene rings is 1. The van der Waals surface area contributed by atoms with Gasteiger partial charge in [0, 0.05) is 19.0 Å². The fourth-order valence-corrected chi connectivity index (χ4v) is 2.83. The van der Waals surface area contributed by atoms with Crippen LogP contribution in [0.25, 0.3) is 0 Å². The summed E-state index contributed by atoms with van der Waals surface area (Å²) in [6, 6.07) is 8.31. The van der Waals surface area contributed by atoms with Gasteiger partial charge in [0.05, 0.1) is 0 Å². The number of fused-ring (bicyclic) bond motifs is 1. The zero-order valence-corrected chi connectivity index (χ0v) is 13.2. The average molecular weight is 301 g/mol. The number of hydrogen-bond acceptors (Lipinski definition) is 5. The Bertz CT molecular complexity index is 620. The largest absolute Gasteiger partial charge is 0.492 e. The van der Waals surface area contributed by atoms with E-state index in [1.54, 1.807) is 0 Å². The van der Waals surface area contributed by atoms with Crippen LogP contribution in [0.1, 0.15) is 30.1 Å². The topological polar surface area (TPSA) is 69.2 Å². The van der Waals surface area contributed by atoms with Gasteiger partial charge in [-0.25, -0.2) is 4.68 Å². The maximum Gasteiger partial charge on any atom is 0.239 e. The lowest BCUT2D eigenvalue weighted by molar-refractivity contribution is 0.261. The van der Waals surface area contributed by atoms with Crippen LogP contribution in [0.3, 0.4) is 0 Å². The number of ether oxygens (including phenoxy) is 1. The summed E-state index contributed by atoms with van der Waals surface area (Å²) >= 11 is 0. The minimum Gasteiger partial charge on any atom is -0.492 e. The molecule has 0 radical (unpaired) electrons. The van der Waals surface area contributed by atoms with Crippen molar-refractivity contribution in [1.82, 2.24) is 19.7 Å². The highest BCUT2D eigenvalue weighted by molar-refractivity contribution is 5.34. The summed E-state index contributed by atoms with van der Waals surface area (Å²) in [5.74, 6) is 2.52. The van der Waals surface area contributed by atoms with Crippen molar-refractivity contribution in [1.29, 1.82) is 0 Å². The van der Waals surface area contributed by atoms with Crippen LogP contribution in [0.4, 0.5) is 5.95 Å². The van der Waals surface area contributed by atoms with Gasteiger partial charge >= 0.3 is 0 Å². The van der Waals surface area contributed by atoms with Crippen molar-refractivity contribution in [2.45, 2.75) is 25.3 Å². The van der Waals surface area contributed by atoms with Gasteiger partial charge in [0.25, 0.3) is 0 Å².